The van der Waals surface area contributed by atoms with Gasteiger partial charge in [-0.1, -0.05) is 57.0 Å². The van der Waals surface area contributed by atoms with E-state index in [0.717, 1.165) is 0 Å². The van der Waals surface area contributed by atoms with Gasteiger partial charge < -0.3 is 10.2 Å². The van der Waals surface area contributed by atoms with Crippen molar-refractivity contribution in [2.24, 2.45) is 5.92 Å². The first-order valence-corrected chi connectivity index (χ1v) is 9.07. The predicted octanol–water partition coefficient (Wildman–Crippen LogP) is 4.28. The number of halogens is 2. The molecule has 1 rings (SSSR count). The molecule has 4 nitrogen and oxygen atoms in total. The molecule has 24 heavy (non-hydrogen) atoms. The van der Waals surface area contributed by atoms with Gasteiger partial charge in [0.15, 0.2) is 0 Å². The van der Waals surface area contributed by atoms with Crippen LogP contribution in [0.2, 0.25) is 10.0 Å². The first kappa shape index (κ1) is 20.8. The Labute approximate surface area is 154 Å². The molecule has 0 saturated heterocycles. The quantitative estimate of drug-likeness (QED) is 0.739. The maximum absolute atomic E-state index is 12.5. The molecule has 0 aliphatic carbocycles. The summed E-state index contributed by atoms with van der Waals surface area (Å²) in [5.41, 5.74) is 0.665. The molecule has 0 spiro atoms. The maximum Gasteiger partial charge on any atom is 0.242 e. The lowest BCUT2D eigenvalue weighted by Gasteiger charge is -2.31. The summed E-state index contributed by atoms with van der Waals surface area (Å²) in [6.07, 6.45) is 0.841. The van der Waals surface area contributed by atoms with Gasteiger partial charge in [0, 0.05) is 35.1 Å². The van der Waals surface area contributed by atoms with Gasteiger partial charge in [-0.3, -0.25) is 9.59 Å². The van der Waals surface area contributed by atoms with Crippen molar-refractivity contribution in [3.8, 4) is 0 Å². The first-order chi connectivity index (χ1) is 11.3. The van der Waals surface area contributed by atoms with Crippen molar-refractivity contribution in [2.75, 3.05) is 6.54 Å². The third kappa shape index (κ3) is 5.67. The van der Waals surface area contributed by atoms with Crippen molar-refractivity contribution >= 4 is 35.0 Å². The molecular weight excluding hydrogens is 347 g/mol. The predicted molar refractivity (Wildman–Crippen MR) is 99.2 cm³/mol. The standard InChI is InChI=1S/C18H26Cl2N2O2/c1-5-16(18(24)21-10-12(3)4)22(17(23)6-2)11-13-14(19)8-7-9-15(13)20/h7-9,12,16H,5-6,10-11H2,1-4H3,(H,21,24)/t16-/m0/s1. The van der Waals surface area contributed by atoms with E-state index in [1.165, 1.54) is 0 Å². The van der Waals surface area contributed by atoms with Gasteiger partial charge in [-0.25, -0.2) is 0 Å². The SMILES string of the molecule is CCC(=O)N(Cc1c(Cl)cccc1Cl)[C@@H](CC)C(=O)NCC(C)C. The molecule has 0 unspecified atom stereocenters. The molecule has 1 aromatic carbocycles. The van der Waals surface area contributed by atoms with E-state index in [9.17, 15) is 9.59 Å². The van der Waals surface area contributed by atoms with E-state index in [1.54, 1.807) is 30.0 Å². The number of hydrogen-bond donors (Lipinski definition) is 1. The van der Waals surface area contributed by atoms with E-state index >= 15 is 0 Å². The molecule has 1 atom stereocenters. The largest absolute Gasteiger partial charge is 0.354 e. The van der Waals surface area contributed by atoms with E-state index in [2.05, 4.69) is 5.32 Å². The average Bonchev–Trinajstić information content (AvgIpc) is 2.54. The summed E-state index contributed by atoms with van der Waals surface area (Å²) in [5, 5.41) is 3.90. The Hall–Kier alpha value is -1.26. The zero-order valence-electron chi connectivity index (χ0n) is 14.7. The molecule has 0 aliphatic heterocycles. The monoisotopic (exact) mass is 372 g/mol. The molecule has 134 valence electrons. The van der Waals surface area contributed by atoms with Gasteiger partial charge in [-0.05, 0) is 24.5 Å². The van der Waals surface area contributed by atoms with Crippen molar-refractivity contribution in [1.29, 1.82) is 0 Å². The van der Waals surface area contributed by atoms with Crippen LogP contribution in [0.3, 0.4) is 0 Å². The van der Waals surface area contributed by atoms with Crippen LogP contribution in [0.5, 0.6) is 0 Å². The zero-order valence-corrected chi connectivity index (χ0v) is 16.2. The highest BCUT2D eigenvalue weighted by Crippen LogP contribution is 2.27. The molecule has 2 amide bonds. The van der Waals surface area contributed by atoms with Crippen molar-refractivity contribution in [1.82, 2.24) is 10.2 Å². The molecule has 0 fully saturated rings. The number of carbonyl (C=O) groups excluding carboxylic acids is 2. The smallest absolute Gasteiger partial charge is 0.242 e. The molecule has 0 aromatic heterocycles. The fourth-order valence-corrected chi connectivity index (χ4v) is 2.92. The van der Waals surface area contributed by atoms with E-state index < -0.39 is 6.04 Å². The normalized spacial score (nSPS) is 12.1. The molecular formula is C18H26Cl2N2O2. The number of rotatable bonds is 8. The Morgan fingerprint density at radius 2 is 1.75 bits per heavy atom. The molecule has 0 saturated carbocycles. The maximum atomic E-state index is 12.5. The van der Waals surface area contributed by atoms with Gasteiger partial charge in [0.05, 0.1) is 0 Å². The second kappa shape index (κ2) is 9.90. The van der Waals surface area contributed by atoms with Crippen LogP contribution in [-0.4, -0.2) is 29.3 Å². The van der Waals surface area contributed by atoms with Crippen molar-refractivity contribution in [2.45, 2.75) is 53.1 Å². The Kier molecular flexibility index (Phi) is 8.57. The Morgan fingerprint density at radius 3 is 2.21 bits per heavy atom. The third-order valence-electron chi connectivity index (χ3n) is 3.76. The van der Waals surface area contributed by atoms with Crippen LogP contribution in [-0.2, 0) is 16.1 Å². The van der Waals surface area contributed by atoms with Crippen molar-refractivity contribution in [3.05, 3.63) is 33.8 Å². The second-order valence-electron chi connectivity index (χ2n) is 6.14. The van der Waals surface area contributed by atoms with E-state index in [0.29, 0.717) is 40.9 Å². The number of amides is 2. The summed E-state index contributed by atoms with van der Waals surface area (Å²) in [5.74, 6) is 0.105. The summed E-state index contributed by atoms with van der Waals surface area (Å²) in [6.45, 7) is 8.53. The zero-order chi connectivity index (χ0) is 18.3. The van der Waals surface area contributed by atoms with Gasteiger partial charge in [-0.15, -0.1) is 0 Å². The minimum atomic E-state index is -0.538. The summed E-state index contributed by atoms with van der Waals surface area (Å²) in [4.78, 5) is 26.5. The van der Waals surface area contributed by atoms with Crippen LogP contribution < -0.4 is 5.32 Å². The Bertz CT molecular complexity index is 556. The van der Waals surface area contributed by atoms with Crippen LogP contribution in [0.1, 0.15) is 46.1 Å². The summed E-state index contributed by atoms with van der Waals surface area (Å²) in [7, 11) is 0. The molecule has 0 bridgehead atoms. The topological polar surface area (TPSA) is 49.4 Å². The van der Waals surface area contributed by atoms with E-state index in [4.69, 9.17) is 23.2 Å². The summed E-state index contributed by atoms with van der Waals surface area (Å²) >= 11 is 12.5. The minimum Gasteiger partial charge on any atom is -0.354 e. The molecule has 0 heterocycles. The van der Waals surface area contributed by atoms with Crippen LogP contribution >= 0.6 is 23.2 Å². The molecule has 1 aromatic rings. The second-order valence-corrected chi connectivity index (χ2v) is 6.95. The summed E-state index contributed by atoms with van der Waals surface area (Å²) in [6, 6.07) is 4.68. The minimum absolute atomic E-state index is 0.0995. The first-order valence-electron chi connectivity index (χ1n) is 8.31. The van der Waals surface area contributed by atoms with Gasteiger partial charge in [0.2, 0.25) is 11.8 Å². The van der Waals surface area contributed by atoms with Gasteiger partial charge in [0.1, 0.15) is 6.04 Å². The van der Waals surface area contributed by atoms with Gasteiger partial charge in [0.25, 0.3) is 0 Å². The average molecular weight is 373 g/mol. The molecule has 1 N–H and O–H groups in total. The lowest BCUT2D eigenvalue weighted by molar-refractivity contribution is -0.141. The highest BCUT2D eigenvalue weighted by atomic mass is 35.5. The number of carbonyl (C=O) groups is 2. The van der Waals surface area contributed by atoms with Crippen molar-refractivity contribution in [3.63, 3.8) is 0 Å². The molecule has 6 heteroatoms. The Balaban J connectivity index is 3.06. The lowest BCUT2D eigenvalue weighted by atomic mass is 10.1. The number of hydrogen-bond acceptors (Lipinski definition) is 2. The van der Waals surface area contributed by atoms with Crippen LogP contribution in [0.25, 0.3) is 0 Å². The number of nitrogens with one attached hydrogen (secondary N) is 1. The lowest BCUT2D eigenvalue weighted by Crippen LogP contribution is -2.49. The number of nitrogens with zero attached hydrogens (tertiary/aromatic N) is 1. The van der Waals surface area contributed by atoms with Crippen LogP contribution in [0.15, 0.2) is 18.2 Å². The van der Waals surface area contributed by atoms with Crippen LogP contribution in [0, 0.1) is 5.92 Å². The fourth-order valence-electron chi connectivity index (χ4n) is 2.40. The summed E-state index contributed by atoms with van der Waals surface area (Å²) < 4.78 is 0. The van der Waals surface area contributed by atoms with Gasteiger partial charge >= 0.3 is 0 Å². The fraction of sp³-hybridized carbons (Fsp3) is 0.556. The Morgan fingerprint density at radius 1 is 1.17 bits per heavy atom. The number of benzene rings is 1. The van der Waals surface area contributed by atoms with Crippen LogP contribution in [0.4, 0.5) is 0 Å². The van der Waals surface area contributed by atoms with E-state index in [-0.39, 0.29) is 18.4 Å². The van der Waals surface area contributed by atoms with E-state index in [1.807, 2.05) is 20.8 Å². The highest BCUT2D eigenvalue weighted by molar-refractivity contribution is 6.36. The van der Waals surface area contributed by atoms with Gasteiger partial charge in [-0.2, -0.15) is 0 Å². The highest BCUT2D eigenvalue weighted by Gasteiger charge is 2.28. The van der Waals surface area contributed by atoms with Crippen molar-refractivity contribution < 1.29 is 9.59 Å². The molecule has 0 radical (unpaired) electrons. The third-order valence-corrected chi connectivity index (χ3v) is 4.47. The molecule has 0 aliphatic rings.